The normalized spacial score (nSPS) is 15.1. The minimum Gasteiger partial charge on any atom is -0.459 e. The Hall–Kier alpha value is -3.30. The summed E-state index contributed by atoms with van der Waals surface area (Å²) in [6, 6.07) is 9.35. The fraction of sp³-hybridized carbons (Fsp3) is 0.316. The molecule has 0 saturated carbocycles. The minimum atomic E-state index is -4.67. The fourth-order valence-electron chi connectivity index (χ4n) is 3.40. The van der Waals surface area contributed by atoms with Crippen LogP contribution in [-0.2, 0) is 17.5 Å². The molecule has 1 aliphatic rings. The third-order valence-corrected chi connectivity index (χ3v) is 4.85. The number of halogens is 3. The van der Waals surface area contributed by atoms with Crippen LogP contribution < -0.4 is 0 Å². The number of amides is 2. The molecule has 1 aliphatic heterocycles. The molecular formula is C19H17F3N4O3. The van der Waals surface area contributed by atoms with Crippen molar-refractivity contribution < 1.29 is 27.2 Å². The zero-order valence-corrected chi connectivity index (χ0v) is 15.2. The summed E-state index contributed by atoms with van der Waals surface area (Å²) in [6.45, 7) is 0.560. The summed E-state index contributed by atoms with van der Waals surface area (Å²) in [5.41, 5.74) is 0.432. The molecule has 29 heavy (non-hydrogen) atoms. The summed E-state index contributed by atoms with van der Waals surface area (Å²) in [5.74, 6) is -1.62. The lowest BCUT2D eigenvalue weighted by Gasteiger charge is -2.34. The summed E-state index contributed by atoms with van der Waals surface area (Å²) in [5, 5.41) is 0. The lowest BCUT2D eigenvalue weighted by atomic mass is 10.2. The van der Waals surface area contributed by atoms with Crippen molar-refractivity contribution in [2.24, 2.45) is 0 Å². The van der Waals surface area contributed by atoms with Crippen LogP contribution in [0.1, 0.15) is 16.4 Å². The first-order chi connectivity index (χ1) is 13.8. The van der Waals surface area contributed by atoms with Crippen LogP contribution in [0.5, 0.6) is 0 Å². The van der Waals surface area contributed by atoms with Crippen LogP contribution in [0.3, 0.4) is 0 Å². The van der Waals surface area contributed by atoms with Crippen molar-refractivity contribution in [3.63, 3.8) is 0 Å². The van der Waals surface area contributed by atoms with E-state index in [4.69, 9.17) is 4.42 Å². The first-order valence-corrected chi connectivity index (χ1v) is 8.97. The number of rotatable bonds is 3. The third kappa shape index (κ3) is 3.69. The van der Waals surface area contributed by atoms with E-state index in [9.17, 15) is 22.8 Å². The third-order valence-electron chi connectivity index (χ3n) is 4.85. The zero-order valence-electron chi connectivity index (χ0n) is 15.2. The van der Waals surface area contributed by atoms with E-state index in [0.29, 0.717) is 0 Å². The van der Waals surface area contributed by atoms with Gasteiger partial charge in [-0.15, -0.1) is 0 Å². The molecule has 0 N–H and O–H groups in total. The molecule has 2 aromatic heterocycles. The maximum absolute atomic E-state index is 13.4. The number of carbonyl (C=O) groups is 2. The van der Waals surface area contributed by atoms with Gasteiger partial charge in [0.2, 0.25) is 11.7 Å². The van der Waals surface area contributed by atoms with Crippen molar-refractivity contribution in [2.75, 3.05) is 26.2 Å². The number of hydrogen-bond acceptors (Lipinski definition) is 4. The maximum atomic E-state index is 13.4. The van der Waals surface area contributed by atoms with Crippen molar-refractivity contribution in [2.45, 2.75) is 12.7 Å². The first-order valence-electron chi connectivity index (χ1n) is 8.97. The van der Waals surface area contributed by atoms with Crippen LogP contribution in [-0.4, -0.2) is 57.3 Å². The lowest BCUT2D eigenvalue weighted by molar-refractivity contribution is -0.148. The molecule has 1 aromatic carbocycles. The number of imidazole rings is 1. The van der Waals surface area contributed by atoms with Crippen LogP contribution in [0.2, 0.25) is 0 Å². The summed E-state index contributed by atoms with van der Waals surface area (Å²) >= 11 is 0. The summed E-state index contributed by atoms with van der Waals surface area (Å²) in [6.07, 6.45) is -3.27. The molecule has 2 amide bonds. The SMILES string of the molecule is O=C(Cn1c(C(F)(F)F)nc2ccccc21)N1CCN(C(=O)c2ccco2)CC1. The van der Waals surface area contributed by atoms with Crippen LogP contribution in [0, 0.1) is 0 Å². The Morgan fingerprint density at radius 2 is 1.69 bits per heavy atom. The predicted octanol–water partition coefficient (Wildman–Crippen LogP) is 2.63. The second-order valence-electron chi connectivity index (χ2n) is 6.66. The Kier molecular flexibility index (Phi) is 4.77. The molecule has 0 aliphatic carbocycles. The average Bonchev–Trinajstić information content (AvgIpc) is 3.36. The van der Waals surface area contributed by atoms with Crippen molar-refractivity contribution in [3.05, 3.63) is 54.2 Å². The smallest absolute Gasteiger partial charge is 0.449 e. The highest BCUT2D eigenvalue weighted by atomic mass is 19.4. The van der Waals surface area contributed by atoms with Gasteiger partial charge in [0.15, 0.2) is 5.76 Å². The molecule has 3 aromatic rings. The van der Waals surface area contributed by atoms with Crippen molar-refractivity contribution >= 4 is 22.8 Å². The van der Waals surface area contributed by atoms with Gasteiger partial charge in [-0.25, -0.2) is 4.98 Å². The minimum absolute atomic E-state index is 0.182. The summed E-state index contributed by atoms with van der Waals surface area (Å²) in [7, 11) is 0. The van der Waals surface area contributed by atoms with Crippen LogP contribution in [0.15, 0.2) is 47.1 Å². The van der Waals surface area contributed by atoms with Gasteiger partial charge < -0.3 is 18.8 Å². The molecule has 0 unspecified atom stereocenters. The van der Waals surface area contributed by atoms with E-state index in [1.54, 1.807) is 29.2 Å². The van der Waals surface area contributed by atoms with Crippen LogP contribution >= 0.6 is 0 Å². The monoisotopic (exact) mass is 406 g/mol. The Morgan fingerprint density at radius 1 is 1.00 bits per heavy atom. The van der Waals surface area contributed by atoms with E-state index < -0.39 is 24.5 Å². The highest BCUT2D eigenvalue weighted by Crippen LogP contribution is 2.31. The quantitative estimate of drug-likeness (QED) is 0.671. The van der Waals surface area contributed by atoms with Gasteiger partial charge in [0.05, 0.1) is 17.3 Å². The number of alkyl halides is 3. The van der Waals surface area contributed by atoms with Gasteiger partial charge in [0, 0.05) is 26.2 Å². The number of fused-ring (bicyclic) bond motifs is 1. The van der Waals surface area contributed by atoms with Gasteiger partial charge in [0.1, 0.15) is 6.54 Å². The molecule has 152 valence electrons. The number of carbonyl (C=O) groups excluding carboxylic acids is 2. The molecule has 0 atom stereocenters. The molecule has 4 rings (SSSR count). The first kappa shape index (κ1) is 19.0. The second-order valence-corrected chi connectivity index (χ2v) is 6.66. The topological polar surface area (TPSA) is 71.6 Å². The molecular weight excluding hydrogens is 389 g/mol. The summed E-state index contributed by atoms with van der Waals surface area (Å²) < 4.78 is 46.2. The Bertz CT molecular complexity index is 1030. The lowest BCUT2D eigenvalue weighted by Crippen LogP contribution is -2.51. The number of piperazine rings is 1. The van der Waals surface area contributed by atoms with Crippen molar-refractivity contribution in [3.8, 4) is 0 Å². The average molecular weight is 406 g/mol. The van der Waals surface area contributed by atoms with Gasteiger partial charge in [-0.1, -0.05) is 12.1 Å². The molecule has 7 nitrogen and oxygen atoms in total. The molecule has 1 saturated heterocycles. The van der Waals surface area contributed by atoms with Gasteiger partial charge >= 0.3 is 6.18 Å². The molecule has 10 heteroatoms. The number of furan rings is 1. The highest BCUT2D eigenvalue weighted by Gasteiger charge is 2.38. The van der Waals surface area contributed by atoms with Crippen molar-refractivity contribution in [1.29, 1.82) is 0 Å². The molecule has 0 spiro atoms. The van der Waals surface area contributed by atoms with Crippen LogP contribution in [0.4, 0.5) is 13.2 Å². The van der Waals surface area contributed by atoms with E-state index in [1.807, 2.05) is 0 Å². The highest BCUT2D eigenvalue weighted by molar-refractivity contribution is 5.91. The van der Waals surface area contributed by atoms with Gasteiger partial charge in [-0.3, -0.25) is 9.59 Å². The molecule has 3 heterocycles. The number of para-hydroxylation sites is 2. The van der Waals surface area contributed by atoms with E-state index >= 15 is 0 Å². The number of benzene rings is 1. The fourth-order valence-corrected chi connectivity index (χ4v) is 3.40. The van der Waals surface area contributed by atoms with Crippen LogP contribution in [0.25, 0.3) is 11.0 Å². The van der Waals surface area contributed by atoms with Gasteiger partial charge in [-0.2, -0.15) is 13.2 Å². The predicted molar refractivity (Wildman–Crippen MR) is 95.9 cm³/mol. The van der Waals surface area contributed by atoms with E-state index in [2.05, 4.69) is 4.98 Å². The van der Waals surface area contributed by atoms with Gasteiger partial charge in [-0.05, 0) is 24.3 Å². The standard InChI is InChI=1S/C19H17F3N4O3/c20-19(21,22)18-23-13-4-1-2-5-14(13)26(18)12-16(27)24-7-9-25(10-8-24)17(28)15-6-3-11-29-15/h1-6,11H,7-10,12H2. The summed E-state index contributed by atoms with van der Waals surface area (Å²) in [4.78, 5) is 31.6. The largest absolute Gasteiger partial charge is 0.459 e. The molecule has 0 radical (unpaired) electrons. The second kappa shape index (κ2) is 7.26. The number of nitrogens with zero attached hydrogens (tertiary/aromatic N) is 4. The maximum Gasteiger partial charge on any atom is 0.449 e. The van der Waals surface area contributed by atoms with Gasteiger partial charge in [0.25, 0.3) is 5.91 Å². The number of aromatic nitrogens is 2. The zero-order chi connectivity index (χ0) is 20.6. The van der Waals surface area contributed by atoms with E-state index in [0.717, 1.165) is 4.57 Å². The Labute approximate surface area is 163 Å². The number of hydrogen-bond donors (Lipinski definition) is 0. The molecule has 0 bridgehead atoms. The Balaban J connectivity index is 1.48. The van der Waals surface area contributed by atoms with E-state index in [-0.39, 0.29) is 48.9 Å². The van der Waals surface area contributed by atoms with E-state index in [1.165, 1.54) is 23.3 Å². The Morgan fingerprint density at radius 3 is 2.34 bits per heavy atom. The van der Waals surface area contributed by atoms with Crippen molar-refractivity contribution in [1.82, 2.24) is 19.4 Å². The molecule has 1 fully saturated rings.